The van der Waals surface area contributed by atoms with Crippen LogP contribution in [0.5, 0.6) is 5.75 Å². The molecule has 0 spiro atoms. The zero-order valence-electron chi connectivity index (χ0n) is 13.1. The standard InChI is InChI=1S/C14H18F2N2O5.ClH/c1-21-6-5-17-8-12(19)18-10-4-3-9(13(20)22-2)7-11(10)23-14(15)16;/h3-4,7,14,17H,5-6,8H2,1-2H3,(H,18,19);1H. The largest absolute Gasteiger partial charge is 0.465 e. The average molecular weight is 369 g/mol. The van der Waals surface area contributed by atoms with Crippen LogP contribution in [-0.2, 0) is 14.3 Å². The van der Waals surface area contributed by atoms with Crippen molar-refractivity contribution in [2.24, 2.45) is 0 Å². The van der Waals surface area contributed by atoms with Gasteiger partial charge in [-0.25, -0.2) is 4.79 Å². The number of amides is 1. The van der Waals surface area contributed by atoms with Gasteiger partial charge in [-0.1, -0.05) is 0 Å². The third-order valence-electron chi connectivity index (χ3n) is 2.66. The maximum absolute atomic E-state index is 12.5. The van der Waals surface area contributed by atoms with Gasteiger partial charge >= 0.3 is 12.6 Å². The molecule has 1 aromatic rings. The third kappa shape index (κ3) is 7.53. The Morgan fingerprint density at radius 3 is 2.54 bits per heavy atom. The minimum atomic E-state index is -3.10. The first-order chi connectivity index (χ1) is 11.0. The fraction of sp³-hybridized carbons (Fsp3) is 0.429. The number of hydrogen-bond acceptors (Lipinski definition) is 6. The molecule has 0 heterocycles. The number of benzene rings is 1. The highest BCUT2D eigenvalue weighted by atomic mass is 35.5. The maximum atomic E-state index is 12.5. The minimum Gasteiger partial charge on any atom is -0.465 e. The lowest BCUT2D eigenvalue weighted by atomic mass is 10.2. The van der Waals surface area contributed by atoms with Gasteiger partial charge in [0.15, 0.2) is 0 Å². The van der Waals surface area contributed by atoms with E-state index in [9.17, 15) is 18.4 Å². The Balaban J connectivity index is 0.00000529. The summed E-state index contributed by atoms with van der Waals surface area (Å²) in [6, 6.07) is 3.70. The lowest BCUT2D eigenvalue weighted by Crippen LogP contribution is -2.30. The van der Waals surface area contributed by atoms with Crippen LogP contribution < -0.4 is 15.4 Å². The monoisotopic (exact) mass is 368 g/mol. The molecule has 0 saturated heterocycles. The lowest BCUT2D eigenvalue weighted by Gasteiger charge is -2.13. The van der Waals surface area contributed by atoms with Crippen LogP contribution in [0.25, 0.3) is 0 Å². The van der Waals surface area contributed by atoms with Crippen LogP contribution in [0, 0.1) is 0 Å². The van der Waals surface area contributed by atoms with Crippen molar-refractivity contribution in [1.29, 1.82) is 0 Å². The van der Waals surface area contributed by atoms with Gasteiger partial charge < -0.3 is 24.8 Å². The number of alkyl halides is 2. The van der Waals surface area contributed by atoms with Crippen LogP contribution in [0.1, 0.15) is 10.4 Å². The Bertz CT molecular complexity index is 546. The maximum Gasteiger partial charge on any atom is 0.387 e. The number of nitrogens with one attached hydrogen (secondary N) is 2. The highest BCUT2D eigenvalue weighted by Crippen LogP contribution is 2.27. The molecule has 24 heavy (non-hydrogen) atoms. The van der Waals surface area contributed by atoms with E-state index in [2.05, 4.69) is 20.1 Å². The summed E-state index contributed by atoms with van der Waals surface area (Å²) in [6.45, 7) is -2.23. The summed E-state index contributed by atoms with van der Waals surface area (Å²) in [6.07, 6.45) is 0. The molecule has 2 N–H and O–H groups in total. The summed E-state index contributed by atoms with van der Waals surface area (Å²) in [5, 5.41) is 5.23. The molecule has 0 aromatic heterocycles. The Labute approximate surface area is 144 Å². The smallest absolute Gasteiger partial charge is 0.387 e. The Kier molecular flexibility index (Phi) is 10.6. The van der Waals surface area contributed by atoms with E-state index in [1.165, 1.54) is 19.2 Å². The highest BCUT2D eigenvalue weighted by molar-refractivity contribution is 5.95. The number of halogens is 3. The van der Waals surface area contributed by atoms with E-state index in [0.29, 0.717) is 13.2 Å². The van der Waals surface area contributed by atoms with Crippen LogP contribution in [-0.4, -0.2) is 52.4 Å². The van der Waals surface area contributed by atoms with Gasteiger partial charge in [0.25, 0.3) is 0 Å². The van der Waals surface area contributed by atoms with Gasteiger partial charge in [-0.15, -0.1) is 12.4 Å². The number of rotatable bonds is 9. The van der Waals surface area contributed by atoms with Gasteiger partial charge in [0.1, 0.15) is 5.75 Å². The second-order valence-electron chi connectivity index (χ2n) is 4.30. The van der Waals surface area contributed by atoms with Crippen molar-refractivity contribution >= 4 is 30.0 Å². The van der Waals surface area contributed by atoms with Crippen LogP contribution in [0.3, 0.4) is 0 Å². The molecular weight excluding hydrogens is 350 g/mol. The van der Waals surface area contributed by atoms with Crippen molar-refractivity contribution in [3.05, 3.63) is 23.8 Å². The highest BCUT2D eigenvalue weighted by Gasteiger charge is 2.15. The van der Waals surface area contributed by atoms with Crippen molar-refractivity contribution in [2.45, 2.75) is 6.61 Å². The third-order valence-corrected chi connectivity index (χ3v) is 2.66. The van der Waals surface area contributed by atoms with Gasteiger partial charge in [0, 0.05) is 13.7 Å². The van der Waals surface area contributed by atoms with Gasteiger partial charge in [-0.05, 0) is 18.2 Å². The Morgan fingerprint density at radius 2 is 1.96 bits per heavy atom. The molecule has 1 aromatic carbocycles. The molecule has 0 atom stereocenters. The first-order valence-corrected chi connectivity index (χ1v) is 6.64. The van der Waals surface area contributed by atoms with E-state index >= 15 is 0 Å². The Hall–Kier alpha value is -1.97. The zero-order valence-corrected chi connectivity index (χ0v) is 14.0. The number of methoxy groups -OCH3 is 2. The van der Waals surface area contributed by atoms with Gasteiger partial charge in [-0.3, -0.25) is 4.79 Å². The second kappa shape index (κ2) is 11.5. The van der Waals surface area contributed by atoms with E-state index in [4.69, 9.17) is 4.74 Å². The molecule has 7 nitrogen and oxygen atoms in total. The van der Waals surface area contributed by atoms with E-state index in [-0.39, 0.29) is 36.0 Å². The minimum absolute atomic E-state index is 0. The summed E-state index contributed by atoms with van der Waals surface area (Å²) >= 11 is 0. The molecule has 0 bridgehead atoms. The van der Waals surface area contributed by atoms with Crippen molar-refractivity contribution in [3.8, 4) is 5.75 Å². The molecule has 136 valence electrons. The van der Waals surface area contributed by atoms with Crippen LogP contribution >= 0.6 is 12.4 Å². The molecule has 0 saturated carbocycles. The number of hydrogen-bond donors (Lipinski definition) is 2. The molecule has 0 aliphatic heterocycles. The Morgan fingerprint density at radius 1 is 1.25 bits per heavy atom. The molecule has 1 amide bonds. The predicted octanol–water partition coefficient (Wildman–Crippen LogP) is 1.67. The molecule has 0 aliphatic carbocycles. The van der Waals surface area contributed by atoms with Gasteiger partial charge in [0.05, 0.1) is 31.5 Å². The number of carbonyl (C=O) groups is 2. The SMILES string of the molecule is COCCNCC(=O)Nc1ccc(C(=O)OC)cc1OC(F)F.Cl. The topological polar surface area (TPSA) is 85.9 Å². The number of esters is 1. The van der Waals surface area contributed by atoms with Crippen molar-refractivity contribution in [2.75, 3.05) is 39.2 Å². The zero-order chi connectivity index (χ0) is 17.2. The number of ether oxygens (including phenoxy) is 3. The fourth-order valence-corrected chi connectivity index (χ4v) is 1.63. The first-order valence-electron chi connectivity index (χ1n) is 6.64. The molecule has 0 aliphatic rings. The molecule has 1 rings (SSSR count). The number of anilines is 1. The van der Waals surface area contributed by atoms with E-state index in [0.717, 1.165) is 13.2 Å². The summed E-state index contributed by atoms with van der Waals surface area (Å²) in [5.41, 5.74) is 0.0517. The van der Waals surface area contributed by atoms with E-state index in [1.54, 1.807) is 0 Å². The lowest BCUT2D eigenvalue weighted by molar-refractivity contribution is -0.115. The van der Waals surface area contributed by atoms with Gasteiger partial charge in [-0.2, -0.15) is 8.78 Å². The quantitative estimate of drug-likeness (QED) is 0.509. The van der Waals surface area contributed by atoms with Crippen LogP contribution in [0.2, 0.25) is 0 Å². The fourth-order valence-electron chi connectivity index (χ4n) is 1.63. The summed E-state index contributed by atoms with van der Waals surface area (Å²) in [7, 11) is 2.69. The molecule has 10 heteroatoms. The van der Waals surface area contributed by atoms with Gasteiger partial charge in [0.2, 0.25) is 5.91 Å². The van der Waals surface area contributed by atoms with Crippen molar-refractivity contribution in [1.82, 2.24) is 5.32 Å². The van der Waals surface area contributed by atoms with E-state index < -0.39 is 18.5 Å². The average Bonchev–Trinajstić information content (AvgIpc) is 2.52. The summed E-state index contributed by atoms with van der Waals surface area (Å²) < 4.78 is 38.6. The normalized spacial score (nSPS) is 10.0. The molecule has 0 unspecified atom stereocenters. The molecular formula is C14H19ClF2N2O5. The first kappa shape index (κ1) is 22.0. The summed E-state index contributed by atoms with van der Waals surface area (Å²) in [5.74, 6) is -1.48. The van der Waals surface area contributed by atoms with Crippen LogP contribution in [0.15, 0.2) is 18.2 Å². The number of carbonyl (C=O) groups excluding carboxylic acids is 2. The second-order valence-corrected chi connectivity index (χ2v) is 4.30. The predicted molar refractivity (Wildman–Crippen MR) is 85.0 cm³/mol. The van der Waals surface area contributed by atoms with Crippen LogP contribution in [0.4, 0.5) is 14.5 Å². The van der Waals surface area contributed by atoms with E-state index in [1.807, 2.05) is 0 Å². The molecule has 0 radical (unpaired) electrons. The van der Waals surface area contributed by atoms with Crippen molar-refractivity contribution < 1.29 is 32.6 Å². The summed E-state index contributed by atoms with van der Waals surface area (Å²) in [4.78, 5) is 23.2. The molecule has 0 fully saturated rings. The van der Waals surface area contributed by atoms with Crippen molar-refractivity contribution in [3.63, 3.8) is 0 Å².